The van der Waals surface area contributed by atoms with Gasteiger partial charge in [0.25, 0.3) is 0 Å². The molecular weight excluding hydrogens is 350 g/mol. The molecular formula is C23H35NO2Si. The molecule has 1 saturated carbocycles. The normalized spacial score (nSPS) is 19.4. The van der Waals surface area contributed by atoms with E-state index in [0.29, 0.717) is 6.61 Å². The molecule has 0 atom stereocenters. The van der Waals surface area contributed by atoms with Gasteiger partial charge in [-0.15, -0.1) is 0 Å². The molecule has 1 fully saturated rings. The van der Waals surface area contributed by atoms with Crippen molar-refractivity contribution in [1.82, 2.24) is 4.98 Å². The smallest absolute Gasteiger partial charge is 0.192 e. The van der Waals surface area contributed by atoms with Crippen LogP contribution in [0.15, 0.2) is 24.4 Å². The molecule has 1 aliphatic carbocycles. The Hall–Kier alpha value is -1.39. The minimum Gasteiger partial charge on any atom is -0.413 e. The van der Waals surface area contributed by atoms with Crippen molar-refractivity contribution in [1.29, 1.82) is 0 Å². The Balaban J connectivity index is 1.86. The first-order chi connectivity index (χ1) is 12.2. The molecule has 0 aliphatic heterocycles. The van der Waals surface area contributed by atoms with E-state index in [1.807, 2.05) is 6.20 Å². The van der Waals surface area contributed by atoms with Crippen molar-refractivity contribution in [2.24, 2.45) is 16.7 Å². The highest BCUT2D eigenvalue weighted by atomic mass is 28.4. The number of aromatic amines is 1. The number of carbonyl (C=O) groups excluding carboxylic acids is 1. The highest BCUT2D eigenvalue weighted by molar-refractivity contribution is 6.74. The van der Waals surface area contributed by atoms with Crippen molar-refractivity contribution >= 4 is 25.0 Å². The minimum absolute atomic E-state index is 0.0523. The summed E-state index contributed by atoms with van der Waals surface area (Å²) >= 11 is 0. The third-order valence-electron chi connectivity index (χ3n) is 7.70. The van der Waals surface area contributed by atoms with Crippen LogP contribution in [0.25, 0.3) is 10.9 Å². The summed E-state index contributed by atoms with van der Waals surface area (Å²) < 4.78 is 6.38. The molecule has 27 heavy (non-hydrogen) atoms. The maximum Gasteiger partial charge on any atom is 0.192 e. The SMILES string of the molecule is CC1(C)C(C(=O)c2c[nH]c3ccc(CO[Si](C)(C)C(C)(C)C)cc23)C1(C)C. The third-order valence-corrected chi connectivity index (χ3v) is 12.2. The van der Waals surface area contributed by atoms with Crippen LogP contribution in [0, 0.1) is 16.7 Å². The summed E-state index contributed by atoms with van der Waals surface area (Å²) in [6.07, 6.45) is 1.88. The summed E-state index contributed by atoms with van der Waals surface area (Å²) in [5, 5.41) is 1.21. The Kier molecular flexibility index (Phi) is 4.56. The number of aromatic nitrogens is 1. The van der Waals surface area contributed by atoms with Gasteiger partial charge in [0.05, 0.1) is 6.61 Å². The molecule has 0 unspecified atom stereocenters. The van der Waals surface area contributed by atoms with Gasteiger partial charge in [-0.25, -0.2) is 0 Å². The maximum atomic E-state index is 13.2. The first-order valence-corrected chi connectivity index (χ1v) is 12.9. The van der Waals surface area contributed by atoms with Gasteiger partial charge in [-0.2, -0.15) is 0 Å². The largest absolute Gasteiger partial charge is 0.413 e. The van der Waals surface area contributed by atoms with Gasteiger partial charge in [-0.3, -0.25) is 4.79 Å². The van der Waals surface area contributed by atoms with Crippen LogP contribution in [0.1, 0.15) is 64.4 Å². The fourth-order valence-corrected chi connectivity index (χ4v) is 4.91. The molecule has 3 nitrogen and oxygen atoms in total. The van der Waals surface area contributed by atoms with Gasteiger partial charge in [0.15, 0.2) is 14.1 Å². The lowest BCUT2D eigenvalue weighted by atomic mass is 10.00. The van der Waals surface area contributed by atoms with E-state index in [0.717, 1.165) is 22.0 Å². The first kappa shape index (κ1) is 20.3. The fourth-order valence-electron chi connectivity index (χ4n) is 3.95. The summed E-state index contributed by atoms with van der Waals surface area (Å²) in [6.45, 7) is 20.7. The zero-order valence-electron chi connectivity index (χ0n) is 18.4. The second-order valence-electron chi connectivity index (χ2n) is 10.9. The van der Waals surface area contributed by atoms with Crippen molar-refractivity contribution < 1.29 is 9.22 Å². The minimum atomic E-state index is -1.80. The number of benzene rings is 1. The standard InChI is InChI=1S/C23H35NO2Si/c1-21(2,3)27(8,9)26-14-15-10-11-18-16(12-15)17(13-24-18)19(25)20-22(4,5)23(20,6)7/h10-13,20,24H,14H2,1-9H3. The number of nitrogens with one attached hydrogen (secondary N) is 1. The molecule has 0 radical (unpaired) electrons. The van der Waals surface area contributed by atoms with Crippen LogP contribution < -0.4 is 0 Å². The summed E-state index contributed by atoms with van der Waals surface area (Å²) in [5.74, 6) is 0.342. The molecule has 0 amide bonds. The Morgan fingerprint density at radius 3 is 2.26 bits per heavy atom. The third kappa shape index (κ3) is 3.21. The molecule has 1 aromatic carbocycles. The lowest BCUT2D eigenvalue weighted by molar-refractivity contribution is 0.0947. The Morgan fingerprint density at radius 2 is 1.74 bits per heavy atom. The van der Waals surface area contributed by atoms with Crippen LogP contribution in [-0.2, 0) is 11.0 Å². The topological polar surface area (TPSA) is 42.1 Å². The lowest BCUT2D eigenvalue weighted by Crippen LogP contribution is -2.40. The van der Waals surface area contributed by atoms with E-state index in [2.05, 4.69) is 84.7 Å². The van der Waals surface area contributed by atoms with Gasteiger partial charge >= 0.3 is 0 Å². The van der Waals surface area contributed by atoms with Gasteiger partial charge in [0.2, 0.25) is 0 Å². The number of hydrogen-bond donors (Lipinski definition) is 1. The number of hydrogen-bond acceptors (Lipinski definition) is 2. The summed E-state index contributed by atoms with van der Waals surface area (Å²) in [7, 11) is -1.80. The number of H-pyrrole nitrogens is 1. The van der Waals surface area contributed by atoms with Crippen molar-refractivity contribution in [3.05, 3.63) is 35.5 Å². The summed E-state index contributed by atoms with van der Waals surface area (Å²) in [6, 6.07) is 6.31. The number of rotatable bonds is 5. The van der Waals surface area contributed by atoms with Crippen molar-refractivity contribution in [2.45, 2.75) is 73.2 Å². The Labute approximate surface area is 165 Å². The predicted octanol–water partition coefficient (Wildman–Crippen LogP) is 6.55. The molecule has 0 bridgehead atoms. The molecule has 0 saturated heterocycles. The van der Waals surface area contributed by atoms with Gasteiger partial charge in [0, 0.05) is 28.6 Å². The van der Waals surface area contributed by atoms with Crippen molar-refractivity contribution in [2.75, 3.05) is 0 Å². The molecule has 4 heteroatoms. The van der Waals surface area contributed by atoms with E-state index in [-0.39, 0.29) is 27.6 Å². The summed E-state index contributed by atoms with van der Waals surface area (Å²) in [4.78, 5) is 16.5. The number of carbonyl (C=O) groups is 1. The quantitative estimate of drug-likeness (QED) is 0.468. The van der Waals surface area contributed by atoms with Crippen molar-refractivity contribution in [3.63, 3.8) is 0 Å². The Morgan fingerprint density at radius 1 is 1.15 bits per heavy atom. The zero-order chi connectivity index (χ0) is 20.4. The fraction of sp³-hybridized carbons (Fsp3) is 0.609. The van der Waals surface area contributed by atoms with Gasteiger partial charge in [-0.1, -0.05) is 54.5 Å². The second kappa shape index (κ2) is 6.05. The molecule has 1 aromatic heterocycles. The van der Waals surface area contributed by atoms with E-state index in [9.17, 15) is 4.79 Å². The monoisotopic (exact) mass is 385 g/mol. The van der Waals surface area contributed by atoms with Gasteiger partial charge < -0.3 is 9.41 Å². The predicted molar refractivity (Wildman–Crippen MR) is 116 cm³/mol. The Bertz CT molecular complexity index is 869. The molecule has 148 valence electrons. The average Bonchev–Trinajstić information content (AvgIpc) is 2.85. The second-order valence-corrected chi connectivity index (χ2v) is 15.7. The van der Waals surface area contributed by atoms with Crippen LogP contribution in [0.4, 0.5) is 0 Å². The average molecular weight is 386 g/mol. The first-order valence-electron chi connectivity index (χ1n) is 9.98. The van der Waals surface area contributed by atoms with E-state index in [4.69, 9.17) is 4.43 Å². The maximum absolute atomic E-state index is 13.2. The highest BCUT2D eigenvalue weighted by Crippen LogP contribution is 2.69. The van der Waals surface area contributed by atoms with E-state index in [1.54, 1.807) is 0 Å². The van der Waals surface area contributed by atoms with Crippen LogP contribution in [-0.4, -0.2) is 19.1 Å². The van der Waals surface area contributed by atoms with Crippen LogP contribution in [0.2, 0.25) is 18.1 Å². The number of fused-ring (bicyclic) bond motifs is 1. The van der Waals surface area contributed by atoms with Gasteiger partial charge in [-0.05, 0) is 46.7 Å². The number of Topliss-reactive ketones (excluding diaryl/α,β-unsaturated/α-hetero) is 1. The van der Waals surface area contributed by atoms with Crippen LogP contribution in [0.5, 0.6) is 0 Å². The van der Waals surface area contributed by atoms with Gasteiger partial charge in [0.1, 0.15) is 0 Å². The zero-order valence-corrected chi connectivity index (χ0v) is 19.4. The molecule has 1 N–H and O–H groups in total. The van der Waals surface area contributed by atoms with Crippen molar-refractivity contribution in [3.8, 4) is 0 Å². The lowest BCUT2D eigenvalue weighted by Gasteiger charge is -2.36. The molecule has 0 spiro atoms. The molecule has 1 aliphatic rings. The van der Waals surface area contributed by atoms with E-state index >= 15 is 0 Å². The van der Waals surface area contributed by atoms with Crippen LogP contribution in [0.3, 0.4) is 0 Å². The highest BCUT2D eigenvalue weighted by Gasteiger charge is 2.68. The molecule has 2 aromatic rings. The molecule has 3 rings (SSSR count). The summed E-state index contributed by atoms with van der Waals surface area (Å²) in [5.41, 5.74) is 3.08. The molecule has 1 heterocycles. The van der Waals surface area contributed by atoms with E-state index < -0.39 is 8.32 Å². The van der Waals surface area contributed by atoms with Crippen LogP contribution >= 0.6 is 0 Å². The van der Waals surface area contributed by atoms with E-state index in [1.165, 1.54) is 0 Å². The number of ketones is 1.